The Balaban J connectivity index is 0.00000261. The number of nitrogens with one attached hydrogen (secondary N) is 3. The van der Waals surface area contributed by atoms with Crippen LogP contribution < -0.4 is 50.9 Å². The van der Waals surface area contributed by atoms with Crippen LogP contribution in [0, 0.1) is 0 Å². The summed E-state index contributed by atoms with van der Waals surface area (Å²) in [5, 5.41) is 7.57. The minimum absolute atomic E-state index is 0. The molecule has 138 valence electrons. The van der Waals surface area contributed by atoms with Crippen molar-refractivity contribution in [3.8, 4) is 0 Å². The Morgan fingerprint density at radius 2 is 1.59 bits per heavy atom. The van der Waals surface area contributed by atoms with Gasteiger partial charge in [0.2, 0.25) is 15.9 Å². The van der Waals surface area contributed by atoms with Gasteiger partial charge in [-0.2, -0.15) is 0 Å². The van der Waals surface area contributed by atoms with E-state index in [1.165, 1.54) is 30.3 Å². The molecule has 1 aliphatic rings. The molecule has 1 unspecified atom stereocenters. The van der Waals surface area contributed by atoms with Gasteiger partial charge in [-0.25, -0.2) is 27.4 Å². The Hall–Kier alpha value is -1.51. The first-order valence-electron chi connectivity index (χ1n) is 7.11. The summed E-state index contributed by atoms with van der Waals surface area (Å²) in [4.78, 5) is 11.5. The molecule has 0 spiro atoms. The van der Waals surface area contributed by atoms with Crippen molar-refractivity contribution < 1.29 is 55.7 Å². The zero-order chi connectivity index (χ0) is 19.1. The summed E-state index contributed by atoms with van der Waals surface area (Å²) in [6.07, 6.45) is 0. The topological polar surface area (TPSA) is 171 Å². The van der Waals surface area contributed by atoms with Gasteiger partial charge in [0.15, 0.2) is 0 Å². The molecule has 3 rings (SSSR count). The van der Waals surface area contributed by atoms with Crippen molar-refractivity contribution in [1.82, 2.24) is 5.43 Å². The van der Waals surface area contributed by atoms with Crippen LogP contribution in [0.4, 0.5) is 11.4 Å². The Labute approximate surface area is 177 Å². The van der Waals surface area contributed by atoms with Crippen LogP contribution in [0.3, 0.4) is 0 Å². The van der Waals surface area contributed by atoms with E-state index in [0.29, 0.717) is 16.9 Å². The van der Waals surface area contributed by atoms with Crippen molar-refractivity contribution in [2.24, 2.45) is 5.14 Å². The van der Waals surface area contributed by atoms with Crippen molar-refractivity contribution in [2.45, 2.75) is 15.8 Å². The molecule has 1 aliphatic heterocycles. The van der Waals surface area contributed by atoms with Crippen LogP contribution in [-0.4, -0.2) is 27.3 Å². The molecule has 2 aromatic rings. The molecule has 0 saturated heterocycles. The molecule has 0 saturated carbocycles. The molecule has 0 aliphatic carbocycles. The van der Waals surface area contributed by atoms with Crippen LogP contribution in [0.2, 0.25) is 0 Å². The monoisotopic (exact) mass is 420 g/mol. The van der Waals surface area contributed by atoms with E-state index in [1.807, 2.05) is 0 Å². The maximum Gasteiger partial charge on any atom is 1.00 e. The van der Waals surface area contributed by atoms with Gasteiger partial charge in [-0.05, 0) is 42.5 Å². The van der Waals surface area contributed by atoms with Crippen LogP contribution >= 0.6 is 0 Å². The Morgan fingerprint density at radius 1 is 1.00 bits per heavy atom. The zero-order valence-corrected chi connectivity index (χ0v) is 17.6. The number of nitrogens with two attached hydrogens (primary N) is 1. The molecule has 2 aromatic carbocycles. The van der Waals surface area contributed by atoms with Crippen molar-refractivity contribution >= 4 is 37.4 Å². The van der Waals surface area contributed by atoms with Crippen molar-refractivity contribution in [3.63, 3.8) is 0 Å². The molecule has 0 radical (unpaired) electrons. The van der Waals surface area contributed by atoms with E-state index < -0.39 is 37.0 Å². The third kappa shape index (κ3) is 4.86. The van der Waals surface area contributed by atoms with Crippen molar-refractivity contribution in [3.05, 3.63) is 48.0 Å². The van der Waals surface area contributed by atoms with Crippen LogP contribution in [-0.2, 0) is 24.9 Å². The summed E-state index contributed by atoms with van der Waals surface area (Å²) in [5.74, 6) is -0.450. The minimum atomic E-state index is -4.66. The third-order valence-corrected chi connectivity index (χ3v) is 5.45. The molecule has 1 atom stereocenters. The number of fused-ring (bicyclic) bond motifs is 1. The first-order valence-corrected chi connectivity index (χ1v) is 10.1. The zero-order valence-electron chi connectivity index (χ0n) is 14.0. The summed E-state index contributed by atoms with van der Waals surface area (Å²) in [7, 11) is -8.47. The number of primary sulfonamides is 1. The van der Waals surface area contributed by atoms with E-state index in [0.717, 1.165) is 12.1 Å². The van der Waals surface area contributed by atoms with Crippen molar-refractivity contribution in [2.75, 3.05) is 10.7 Å². The first kappa shape index (κ1) is 21.8. The molecule has 0 bridgehead atoms. The summed E-state index contributed by atoms with van der Waals surface area (Å²) in [5.41, 5.74) is 6.53. The third-order valence-electron chi connectivity index (χ3n) is 3.69. The number of amides is 1. The predicted molar refractivity (Wildman–Crippen MR) is 90.3 cm³/mol. The Morgan fingerprint density at radius 3 is 2.15 bits per heavy atom. The average molecular weight is 420 g/mol. The molecule has 1 amide bonds. The molecule has 10 nitrogen and oxygen atoms in total. The van der Waals surface area contributed by atoms with Gasteiger partial charge < -0.3 is 15.3 Å². The van der Waals surface area contributed by atoms with Gasteiger partial charge >= 0.3 is 29.6 Å². The van der Waals surface area contributed by atoms with E-state index in [-0.39, 0.29) is 34.5 Å². The van der Waals surface area contributed by atoms with Gasteiger partial charge in [0, 0.05) is 16.9 Å². The fraction of sp³-hybridized carbons (Fsp3) is 0.0714. The van der Waals surface area contributed by atoms with Gasteiger partial charge in [-0.3, -0.25) is 4.79 Å². The van der Waals surface area contributed by atoms with Gasteiger partial charge in [-0.15, -0.1) is 0 Å². The summed E-state index contributed by atoms with van der Waals surface area (Å²) in [6, 6.07) is 8.04. The van der Waals surface area contributed by atoms with E-state index in [2.05, 4.69) is 16.2 Å². The van der Waals surface area contributed by atoms with E-state index in [1.54, 1.807) is 0 Å². The number of carbonyl (C=O) groups is 1. The number of carbonyl (C=O) groups excluding carboxylic acids is 1. The SMILES string of the molecule is NS(=O)(=O)c1ccc(NNC2C(=O)Nc3ccc(S(=O)(=O)[O-])cc32)cc1.[Na+]. The second-order valence-electron chi connectivity index (χ2n) is 5.46. The predicted octanol–water partition coefficient (Wildman–Crippen LogP) is -3.15. The van der Waals surface area contributed by atoms with Crippen LogP contribution in [0.1, 0.15) is 11.6 Å². The van der Waals surface area contributed by atoms with Crippen LogP contribution in [0.5, 0.6) is 0 Å². The number of rotatable bonds is 5. The van der Waals surface area contributed by atoms with Crippen molar-refractivity contribution in [1.29, 1.82) is 0 Å². The summed E-state index contributed by atoms with van der Waals surface area (Å²) >= 11 is 0. The second kappa shape index (κ2) is 7.85. The largest absolute Gasteiger partial charge is 1.00 e. The fourth-order valence-corrected chi connectivity index (χ4v) is 3.44. The van der Waals surface area contributed by atoms with Gasteiger partial charge in [0.25, 0.3) is 0 Å². The molecule has 1 heterocycles. The number of hydrogen-bond acceptors (Lipinski definition) is 8. The van der Waals surface area contributed by atoms with Gasteiger partial charge in [0.05, 0.1) is 9.79 Å². The maximum atomic E-state index is 12.1. The molecule has 27 heavy (non-hydrogen) atoms. The van der Waals surface area contributed by atoms with Crippen LogP contribution in [0.15, 0.2) is 52.3 Å². The number of sulfonamides is 1. The molecular weight excluding hydrogens is 407 g/mol. The molecular formula is C14H13N4NaO6S2. The van der Waals surface area contributed by atoms with Crippen LogP contribution in [0.25, 0.3) is 0 Å². The molecule has 0 fully saturated rings. The van der Waals surface area contributed by atoms with E-state index in [9.17, 15) is 26.2 Å². The Bertz CT molecular complexity index is 1090. The maximum absolute atomic E-state index is 12.1. The molecule has 5 N–H and O–H groups in total. The fourth-order valence-electron chi connectivity index (χ4n) is 2.42. The van der Waals surface area contributed by atoms with Gasteiger partial charge in [-0.1, -0.05) is 0 Å². The van der Waals surface area contributed by atoms with E-state index in [4.69, 9.17) is 5.14 Å². The first-order chi connectivity index (χ1) is 12.1. The number of benzene rings is 2. The minimum Gasteiger partial charge on any atom is -0.744 e. The second-order valence-corrected chi connectivity index (χ2v) is 8.41. The average Bonchev–Trinajstić information content (AvgIpc) is 2.86. The van der Waals surface area contributed by atoms with Gasteiger partial charge in [0.1, 0.15) is 16.2 Å². The summed E-state index contributed by atoms with van der Waals surface area (Å²) < 4.78 is 55.9. The standard InChI is InChI=1S/C14H14N4O6S2.Na/c15-25(20,21)9-3-1-8(2-4-9)17-18-13-11-7-10(26(22,23)24)5-6-12(11)16-14(13)19;/h1-7,13,17-18H,(H,16,19)(H2,15,20,21)(H,22,23,24);/q;+1/p-1. The number of anilines is 2. The molecule has 13 heteroatoms. The Kier molecular flexibility index (Phi) is 6.33. The molecule has 0 aromatic heterocycles. The number of hydrogen-bond donors (Lipinski definition) is 4. The number of hydrazine groups is 1. The smallest absolute Gasteiger partial charge is 0.744 e. The normalized spacial score (nSPS) is 16.2. The van der Waals surface area contributed by atoms with E-state index >= 15 is 0 Å². The summed E-state index contributed by atoms with van der Waals surface area (Å²) in [6.45, 7) is 0. The quantitative estimate of drug-likeness (QED) is 0.223.